The summed E-state index contributed by atoms with van der Waals surface area (Å²) in [5.41, 5.74) is 0.605. The van der Waals surface area contributed by atoms with Crippen molar-refractivity contribution in [1.29, 1.82) is 0 Å². The minimum absolute atomic E-state index is 0.0392. The lowest BCUT2D eigenvalue weighted by Crippen LogP contribution is -2.31. The monoisotopic (exact) mass is 458 g/mol. The summed E-state index contributed by atoms with van der Waals surface area (Å²) in [5, 5.41) is 19.3. The third-order valence-corrected chi connectivity index (χ3v) is 6.24. The predicted molar refractivity (Wildman–Crippen MR) is 126 cm³/mol. The lowest BCUT2D eigenvalue weighted by atomic mass is 9.90. The Hall–Kier alpha value is -2.28. The van der Waals surface area contributed by atoms with Crippen LogP contribution in [0.1, 0.15) is 66.7 Å². The van der Waals surface area contributed by atoms with Crippen molar-refractivity contribution in [2.45, 2.75) is 78.9 Å². The van der Waals surface area contributed by atoms with Gasteiger partial charge in [0.25, 0.3) is 0 Å². The fraction of sp³-hybridized carbons (Fsp3) is 0.704. The van der Waals surface area contributed by atoms with E-state index in [1.165, 1.54) is 5.57 Å². The Morgan fingerprint density at radius 1 is 1.24 bits per heavy atom. The number of fused-ring (bicyclic) bond motifs is 1. The first-order valence-electron chi connectivity index (χ1n) is 11.9. The molecule has 0 unspecified atom stereocenters. The average Bonchev–Trinajstić information content (AvgIpc) is 3.24. The van der Waals surface area contributed by atoms with Gasteiger partial charge in [0.05, 0.1) is 18.1 Å². The van der Waals surface area contributed by atoms with Crippen LogP contribution in [0.5, 0.6) is 0 Å². The normalized spacial score (nSPS) is 27.0. The number of carbonyl (C=O) groups excluding carboxylic acids is 1. The van der Waals surface area contributed by atoms with Gasteiger partial charge >= 0.3 is 11.9 Å². The van der Waals surface area contributed by atoms with Crippen LogP contribution in [-0.4, -0.2) is 47.6 Å². The van der Waals surface area contributed by atoms with E-state index in [4.69, 9.17) is 14.6 Å². The number of ether oxygens (including phenoxy) is 2. The second kappa shape index (κ2) is 12.3. The molecule has 2 aliphatic carbocycles. The molecule has 0 saturated heterocycles. The Morgan fingerprint density at radius 2 is 1.97 bits per heavy atom. The summed E-state index contributed by atoms with van der Waals surface area (Å²) in [6.07, 6.45) is 4.65. The molecule has 2 N–H and O–H groups in total. The topological polar surface area (TPSA) is 93.1 Å². The van der Waals surface area contributed by atoms with Crippen molar-refractivity contribution < 1.29 is 29.3 Å². The number of carboxylic acid groups (broad SMARTS) is 1. The molecular formula is C27H38O6. The van der Waals surface area contributed by atoms with Crippen molar-refractivity contribution in [1.82, 2.24) is 0 Å². The van der Waals surface area contributed by atoms with Crippen LogP contribution in [0.3, 0.4) is 0 Å². The molecule has 6 nitrogen and oxygen atoms in total. The van der Waals surface area contributed by atoms with Crippen LogP contribution < -0.4 is 0 Å². The highest BCUT2D eigenvalue weighted by Crippen LogP contribution is 2.49. The van der Waals surface area contributed by atoms with E-state index in [9.17, 15) is 14.7 Å². The molecule has 0 aliphatic heterocycles. The molecule has 2 saturated carbocycles. The molecule has 0 aromatic rings. The van der Waals surface area contributed by atoms with E-state index in [0.717, 1.165) is 19.3 Å². The van der Waals surface area contributed by atoms with Crippen molar-refractivity contribution in [2.24, 2.45) is 29.1 Å². The van der Waals surface area contributed by atoms with E-state index in [1.54, 1.807) is 0 Å². The van der Waals surface area contributed by atoms with Gasteiger partial charge in [-0.2, -0.15) is 0 Å². The first-order chi connectivity index (χ1) is 15.5. The maximum absolute atomic E-state index is 12.5. The van der Waals surface area contributed by atoms with E-state index in [0.29, 0.717) is 18.8 Å². The van der Waals surface area contributed by atoms with Crippen LogP contribution in [0.25, 0.3) is 0 Å². The van der Waals surface area contributed by atoms with Gasteiger partial charge in [-0.15, -0.1) is 11.8 Å². The number of aliphatic hydroxyl groups is 1. The maximum Gasteiger partial charge on any atom is 0.329 e. The quantitative estimate of drug-likeness (QED) is 0.261. The number of hydrogen-bond donors (Lipinski definition) is 2. The van der Waals surface area contributed by atoms with E-state index in [1.807, 2.05) is 40.7 Å². The summed E-state index contributed by atoms with van der Waals surface area (Å²) in [4.78, 5) is 23.1. The third kappa shape index (κ3) is 8.22. The summed E-state index contributed by atoms with van der Waals surface area (Å²) < 4.78 is 10.9. The molecule has 2 fully saturated rings. The highest BCUT2D eigenvalue weighted by Gasteiger charge is 2.45. The molecule has 0 spiro atoms. The van der Waals surface area contributed by atoms with Crippen molar-refractivity contribution in [3.05, 3.63) is 11.6 Å². The lowest BCUT2D eigenvalue weighted by Gasteiger charge is -2.24. The second-order valence-electron chi connectivity index (χ2n) is 10.2. The Balaban J connectivity index is 2.11. The van der Waals surface area contributed by atoms with Crippen molar-refractivity contribution in [3.63, 3.8) is 0 Å². The van der Waals surface area contributed by atoms with Crippen LogP contribution in [0.2, 0.25) is 0 Å². The Labute approximate surface area is 198 Å². The average molecular weight is 459 g/mol. The van der Waals surface area contributed by atoms with Gasteiger partial charge < -0.3 is 19.7 Å². The van der Waals surface area contributed by atoms with Crippen molar-refractivity contribution >= 4 is 11.9 Å². The predicted octanol–water partition coefficient (Wildman–Crippen LogP) is 3.82. The van der Waals surface area contributed by atoms with E-state index < -0.39 is 23.6 Å². The molecule has 2 aliphatic rings. The van der Waals surface area contributed by atoms with Crippen molar-refractivity contribution in [3.8, 4) is 23.7 Å². The summed E-state index contributed by atoms with van der Waals surface area (Å²) in [6, 6.07) is 0. The Bertz CT molecular complexity index is 844. The molecule has 2 rings (SSSR count). The van der Waals surface area contributed by atoms with Crippen LogP contribution in [0.15, 0.2) is 11.6 Å². The van der Waals surface area contributed by atoms with E-state index in [-0.39, 0.29) is 36.9 Å². The number of hydrogen-bond acceptors (Lipinski definition) is 5. The van der Waals surface area contributed by atoms with Gasteiger partial charge in [-0.25, -0.2) is 4.79 Å². The Morgan fingerprint density at radius 3 is 2.61 bits per heavy atom. The molecule has 33 heavy (non-hydrogen) atoms. The van der Waals surface area contributed by atoms with Crippen LogP contribution in [0.4, 0.5) is 0 Å². The first kappa shape index (κ1) is 27.0. The summed E-state index contributed by atoms with van der Waals surface area (Å²) >= 11 is 0. The van der Waals surface area contributed by atoms with Crippen molar-refractivity contribution in [2.75, 3.05) is 13.2 Å². The maximum atomic E-state index is 12.5. The number of carbonyl (C=O) groups is 2. The van der Waals surface area contributed by atoms with E-state index in [2.05, 4.69) is 23.7 Å². The molecule has 0 amide bonds. The molecule has 0 radical (unpaired) electrons. The molecule has 182 valence electrons. The molecule has 0 aromatic carbocycles. The third-order valence-electron chi connectivity index (χ3n) is 6.24. The van der Waals surface area contributed by atoms with Gasteiger partial charge in [-0.05, 0) is 51.9 Å². The zero-order chi connectivity index (χ0) is 24.6. The molecular weight excluding hydrogens is 420 g/mol. The lowest BCUT2D eigenvalue weighted by molar-refractivity contribution is -0.157. The first-order valence-corrected chi connectivity index (χ1v) is 11.9. The Kier molecular flexibility index (Phi) is 10.0. The number of rotatable bonds is 7. The molecule has 6 heteroatoms. The highest BCUT2D eigenvalue weighted by atomic mass is 16.5. The SMILES string of the molecule is CCC#CC[C@H](C)[C@@H](C#C[C@@H]1[C@H]2C/C(=C/COCC(=O)O)C[C@H]2C[C@H]1O)OC(=O)C(C)(C)C. The zero-order valence-electron chi connectivity index (χ0n) is 20.5. The molecule has 0 heterocycles. The minimum atomic E-state index is -0.980. The standard InChI is InChI=1S/C27H38O6/c1-6-7-8-9-18(2)24(33-26(31)27(3,4)5)11-10-21-22-15-19(12-13-32-17-25(29)30)14-20(22)16-23(21)28/h12,18,20-24,28H,6,9,13-17H2,1-5H3,(H,29,30)/b19-12+/t18-,20-,21+,22-,23+,24+/m0/s1. The van der Waals surface area contributed by atoms with Gasteiger partial charge in [0, 0.05) is 24.7 Å². The largest absolute Gasteiger partial charge is 0.480 e. The van der Waals surface area contributed by atoms with Gasteiger partial charge in [-0.3, -0.25) is 4.79 Å². The zero-order valence-corrected chi connectivity index (χ0v) is 20.5. The number of aliphatic carboxylic acids is 1. The smallest absolute Gasteiger partial charge is 0.329 e. The summed E-state index contributed by atoms with van der Waals surface area (Å²) in [5.74, 6) is 11.7. The summed E-state index contributed by atoms with van der Waals surface area (Å²) in [6.45, 7) is 9.41. The number of carboxylic acids is 1. The molecule has 6 atom stereocenters. The van der Waals surface area contributed by atoms with E-state index >= 15 is 0 Å². The molecule has 0 aromatic heterocycles. The second-order valence-corrected chi connectivity index (χ2v) is 10.2. The number of esters is 1. The highest BCUT2D eigenvalue weighted by molar-refractivity contribution is 5.75. The van der Waals surface area contributed by atoms with Crippen LogP contribution in [-0.2, 0) is 19.1 Å². The minimum Gasteiger partial charge on any atom is -0.480 e. The van der Waals surface area contributed by atoms with Gasteiger partial charge in [0.15, 0.2) is 6.10 Å². The van der Waals surface area contributed by atoms with Gasteiger partial charge in [0.1, 0.15) is 6.61 Å². The molecule has 0 bridgehead atoms. The van der Waals surface area contributed by atoms with Crippen LogP contribution >= 0.6 is 0 Å². The number of aliphatic hydroxyl groups excluding tert-OH is 1. The fourth-order valence-corrected chi connectivity index (χ4v) is 4.38. The summed E-state index contributed by atoms with van der Waals surface area (Å²) in [7, 11) is 0. The fourth-order valence-electron chi connectivity index (χ4n) is 4.38. The van der Waals surface area contributed by atoms with Crippen LogP contribution in [0, 0.1) is 52.8 Å². The van der Waals surface area contributed by atoms with Gasteiger partial charge in [-0.1, -0.05) is 37.3 Å². The number of allylic oxidation sites excluding steroid dienone is 1. The van der Waals surface area contributed by atoms with Gasteiger partial charge in [0.2, 0.25) is 0 Å².